The first-order valence-corrected chi connectivity index (χ1v) is 8.28. The van der Waals surface area contributed by atoms with E-state index in [1.54, 1.807) is 0 Å². The van der Waals surface area contributed by atoms with Crippen LogP contribution < -0.4 is 5.32 Å². The molecule has 2 aliphatic rings. The summed E-state index contributed by atoms with van der Waals surface area (Å²) < 4.78 is 11.1. The molecule has 106 valence electrons. The SMILES string of the molecule is CCC1CCNC(c2nc(C3CSCCO3)no2)C1. The molecule has 3 heterocycles. The van der Waals surface area contributed by atoms with Crippen molar-refractivity contribution < 1.29 is 9.26 Å². The second-order valence-electron chi connectivity index (χ2n) is 5.23. The molecule has 6 heteroatoms. The lowest BCUT2D eigenvalue weighted by molar-refractivity contribution is 0.0677. The van der Waals surface area contributed by atoms with Gasteiger partial charge in [0.25, 0.3) is 0 Å². The first-order chi connectivity index (χ1) is 9.36. The van der Waals surface area contributed by atoms with Crippen LogP contribution in [-0.4, -0.2) is 34.8 Å². The van der Waals surface area contributed by atoms with Crippen LogP contribution in [0.1, 0.15) is 50.0 Å². The fraction of sp³-hybridized carbons (Fsp3) is 0.846. The minimum Gasteiger partial charge on any atom is -0.368 e. The van der Waals surface area contributed by atoms with Crippen LogP contribution in [0.4, 0.5) is 0 Å². The number of rotatable bonds is 3. The zero-order chi connectivity index (χ0) is 13.1. The average molecular weight is 283 g/mol. The van der Waals surface area contributed by atoms with Crippen LogP contribution in [0.2, 0.25) is 0 Å². The summed E-state index contributed by atoms with van der Waals surface area (Å²) in [6.07, 6.45) is 3.57. The van der Waals surface area contributed by atoms with Gasteiger partial charge in [-0.25, -0.2) is 0 Å². The van der Waals surface area contributed by atoms with Crippen LogP contribution in [0.25, 0.3) is 0 Å². The normalized spacial score (nSPS) is 32.4. The summed E-state index contributed by atoms with van der Waals surface area (Å²) in [5.74, 6) is 4.19. The van der Waals surface area contributed by atoms with Crippen molar-refractivity contribution in [2.45, 2.75) is 38.3 Å². The van der Waals surface area contributed by atoms with Crippen molar-refractivity contribution in [2.75, 3.05) is 24.7 Å². The molecule has 0 saturated carbocycles. The average Bonchev–Trinajstić information content (AvgIpc) is 2.98. The summed E-state index contributed by atoms with van der Waals surface area (Å²) in [5, 5.41) is 7.58. The molecule has 3 unspecified atom stereocenters. The summed E-state index contributed by atoms with van der Waals surface area (Å²) in [4.78, 5) is 4.55. The Labute approximate surface area is 117 Å². The molecule has 2 saturated heterocycles. The maximum atomic E-state index is 5.68. The van der Waals surface area contributed by atoms with E-state index in [-0.39, 0.29) is 12.1 Å². The van der Waals surface area contributed by atoms with E-state index >= 15 is 0 Å². The lowest BCUT2D eigenvalue weighted by Gasteiger charge is -2.27. The van der Waals surface area contributed by atoms with Gasteiger partial charge in [0.05, 0.1) is 12.6 Å². The molecule has 0 spiro atoms. The first kappa shape index (κ1) is 13.4. The molecule has 1 aromatic heterocycles. The molecular formula is C13H21N3O2S. The lowest BCUT2D eigenvalue weighted by atomic mass is 9.90. The van der Waals surface area contributed by atoms with Crippen molar-refractivity contribution in [3.63, 3.8) is 0 Å². The standard InChI is InChI=1S/C13H21N3O2S/c1-2-9-3-4-14-10(7-9)13-15-12(16-18-13)11-8-19-6-5-17-11/h9-11,14H,2-8H2,1H3. The number of hydrogen-bond donors (Lipinski definition) is 1. The highest BCUT2D eigenvalue weighted by atomic mass is 32.2. The molecule has 1 aromatic rings. The van der Waals surface area contributed by atoms with E-state index in [4.69, 9.17) is 9.26 Å². The Morgan fingerprint density at radius 1 is 1.47 bits per heavy atom. The van der Waals surface area contributed by atoms with E-state index in [1.807, 2.05) is 11.8 Å². The van der Waals surface area contributed by atoms with Crippen molar-refractivity contribution in [1.82, 2.24) is 15.5 Å². The molecule has 3 rings (SSSR count). The Hall–Kier alpha value is -0.590. The Balaban J connectivity index is 1.66. The number of ether oxygens (including phenoxy) is 1. The summed E-state index contributed by atoms with van der Waals surface area (Å²) in [6, 6.07) is 0.219. The fourth-order valence-electron chi connectivity index (χ4n) is 2.71. The topological polar surface area (TPSA) is 60.2 Å². The molecule has 0 amide bonds. The quantitative estimate of drug-likeness (QED) is 0.918. The highest BCUT2D eigenvalue weighted by Gasteiger charge is 2.28. The number of nitrogens with zero attached hydrogens (tertiary/aromatic N) is 2. The molecule has 0 radical (unpaired) electrons. The highest BCUT2D eigenvalue weighted by Crippen LogP contribution is 2.30. The van der Waals surface area contributed by atoms with Gasteiger partial charge in [-0.3, -0.25) is 0 Å². The van der Waals surface area contributed by atoms with E-state index in [0.717, 1.165) is 42.9 Å². The van der Waals surface area contributed by atoms with Crippen molar-refractivity contribution in [2.24, 2.45) is 5.92 Å². The van der Waals surface area contributed by atoms with Gasteiger partial charge in [-0.15, -0.1) is 0 Å². The van der Waals surface area contributed by atoms with Crippen molar-refractivity contribution in [3.8, 4) is 0 Å². The fourth-order valence-corrected chi connectivity index (χ4v) is 3.55. The summed E-state index contributed by atoms with van der Waals surface area (Å²) >= 11 is 1.88. The van der Waals surface area contributed by atoms with Crippen molar-refractivity contribution in [3.05, 3.63) is 11.7 Å². The Morgan fingerprint density at radius 3 is 3.21 bits per heavy atom. The molecule has 2 aliphatic heterocycles. The zero-order valence-corrected chi connectivity index (χ0v) is 12.1. The van der Waals surface area contributed by atoms with Crippen LogP contribution in [0, 0.1) is 5.92 Å². The third-order valence-corrected chi connectivity index (χ3v) is 4.94. The second kappa shape index (κ2) is 6.24. The third-order valence-electron chi connectivity index (χ3n) is 3.95. The van der Waals surface area contributed by atoms with Crippen LogP contribution in [0.3, 0.4) is 0 Å². The number of aromatic nitrogens is 2. The Kier molecular flexibility index (Phi) is 4.40. The van der Waals surface area contributed by atoms with Gasteiger partial charge in [-0.1, -0.05) is 18.5 Å². The molecule has 0 bridgehead atoms. The van der Waals surface area contributed by atoms with Crippen LogP contribution in [0.15, 0.2) is 4.52 Å². The number of thioether (sulfide) groups is 1. The van der Waals surface area contributed by atoms with Gasteiger partial charge in [0.1, 0.15) is 6.10 Å². The van der Waals surface area contributed by atoms with E-state index in [1.165, 1.54) is 12.8 Å². The molecule has 5 nitrogen and oxygen atoms in total. The highest BCUT2D eigenvalue weighted by molar-refractivity contribution is 7.99. The van der Waals surface area contributed by atoms with E-state index in [2.05, 4.69) is 22.4 Å². The molecular weight excluding hydrogens is 262 g/mol. The predicted molar refractivity (Wildman–Crippen MR) is 74.1 cm³/mol. The van der Waals surface area contributed by atoms with Crippen LogP contribution in [0.5, 0.6) is 0 Å². The molecule has 0 aromatic carbocycles. The molecule has 19 heavy (non-hydrogen) atoms. The van der Waals surface area contributed by atoms with Gasteiger partial charge >= 0.3 is 0 Å². The molecule has 3 atom stereocenters. The molecule has 1 N–H and O–H groups in total. The second-order valence-corrected chi connectivity index (χ2v) is 6.38. The first-order valence-electron chi connectivity index (χ1n) is 7.13. The molecule has 0 aliphatic carbocycles. The van der Waals surface area contributed by atoms with Gasteiger partial charge in [0, 0.05) is 11.5 Å². The summed E-state index contributed by atoms with van der Waals surface area (Å²) in [5.41, 5.74) is 0. The van der Waals surface area contributed by atoms with E-state index in [9.17, 15) is 0 Å². The van der Waals surface area contributed by atoms with Crippen molar-refractivity contribution >= 4 is 11.8 Å². The summed E-state index contributed by atoms with van der Waals surface area (Å²) in [6.45, 7) is 4.06. The minimum absolute atomic E-state index is 0.00168. The predicted octanol–water partition coefficient (Wildman–Crippen LogP) is 2.32. The van der Waals surface area contributed by atoms with Gasteiger partial charge < -0.3 is 14.6 Å². The van der Waals surface area contributed by atoms with Gasteiger partial charge in [-0.05, 0) is 25.3 Å². The van der Waals surface area contributed by atoms with E-state index in [0.29, 0.717) is 5.82 Å². The maximum absolute atomic E-state index is 5.68. The van der Waals surface area contributed by atoms with Crippen LogP contribution in [-0.2, 0) is 4.74 Å². The van der Waals surface area contributed by atoms with E-state index < -0.39 is 0 Å². The van der Waals surface area contributed by atoms with Gasteiger partial charge in [-0.2, -0.15) is 16.7 Å². The van der Waals surface area contributed by atoms with Gasteiger partial charge in [0.2, 0.25) is 11.7 Å². The number of piperidine rings is 1. The lowest BCUT2D eigenvalue weighted by Crippen LogP contribution is -2.31. The Morgan fingerprint density at radius 2 is 2.42 bits per heavy atom. The number of hydrogen-bond acceptors (Lipinski definition) is 6. The zero-order valence-electron chi connectivity index (χ0n) is 11.3. The number of nitrogens with one attached hydrogen (secondary N) is 1. The smallest absolute Gasteiger partial charge is 0.243 e. The monoisotopic (exact) mass is 283 g/mol. The van der Waals surface area contributed by atoms with Crippen LogP contribution >= 0.6 is 11.8 Å². The third kappa shape index (κ3) is 3.12. The Bertz CT molecular complexity index is 406. The molecule has 2 fully saturated rings. The largest absolute Gasteiger partial charge is 0.368 e. The van der Waals surface area contributed by atoms with Crippen molar-refractivity contribution in [1.29, 1.82) is 0 Å². The maximum Gasteiger partial charge on any atom is 0.243 e. The van der Waals surface area contributed by atoms with Gasteiger partial charge in [0.15, 0.2) is 0 Å². The minimum atomic E-state index is 0.00168. The summed E-state index contributed by atoms with van der Waals surface area (Å²) in [7, 11) is 0.